The van der Waals surface area contributed by atoms with Crippen LogP contribution in [0, 0.1) is 5.82 Å². The summed E-state index contributed by atoms with van der Waals surface area (Å²) in [5.74, 6) is -0.183. The van der Waals surface area contributed by atoms with Gasteiger partial charge in [-0.3, -0.25) is 4.90 Å². The van der Waals surface area contributed by atoms with Crippen LogP contribution in [0.5, 0.6) is 0 Å². The summed E-state index contributed by atoms with van der Waals surface area (Å²) in [5, 5.41) is 0. The number of likely N-dealkylation sites (N-methyl/N-ethyl adjacent to an activating group) is 1. The maximum atomic E-state index is 13.3. The molecule has 0 amide bonds. The van der Waals surface area contributed by atoms with E-state index < -0.39 is 0 Å². The van der Waals surface area contributed by atoms with Crippen LogP contribution in [0.25, 0.3) is 0 Å². The van der Waals surface area contributed by atoms with E-state index in [0.29, 0.717) is 13.1 Å². The predicted octanol–water partition coefficient (Wildman–Crippen LogP) is 2.75. The van der Waals surface area contributed by atoms with E-state index in [-0.39, 0.29) is 11.4 Å². The minimum atomic E-state index is -0.183. The SMILES string of the molecule is CN(Cc1cccc(F)c1)C1(CN)Cc2ccccc2C1. The Labute approximate surface area is 125 Å². The first kappa shape index (κ1) is 14.2. The second kappa shape index (κ2) is 5.58. The van der Waals surface area contributed by atoms with E-state index in [2.05, 4.69) is 36.2 Å². The molecule has 0 unspecified atom stereocenters. The normalized spacial score (nSPS) is 16.2. The molecule has 0 atom stereocenters. The van der Waals surface area contributed by atoms with Crippen molar-refractivity contribution in [2.45, 2.75) is 24.9 Å². The Kier molecular flexibility index (Phi) is 3.79. The van der Waals surface area contributed by atoms with Crippen molar-refractivity contribution < 1.29 is 4.39 Å². The Morgan fingerprint density at radius 1 is 1.10 bits per heavy atom. The van der Waals surface area contributed by atoms with E-state index in [0.717, 1.165) is 18.4 Å². The first-order valence-electron chi connectivity index (χ1n) is 7.35. The Balaban J connectivity index is 1.81. The molecule has 0 heterocycles. The van der Waals surface area contributed by atoms with Crippen molar-refractivity contribution >= 4 is 0 Å². The minimum absolute atomic E-state index is 0.0595. The summed E-state index contributed by atoms with van der Waals surface area (Å²) in [4.78, 5) is 2.28. The lowest BCUT2D eigenvalue weighted by Gasteiger charge is -2.38. The Hall–Kier alpha value is -1.71. The van der Waals surface area contributed by atoms with Crippen LogP contribution in [0.15, 0.2) is 48.5 Å². The highest BCUT2D eigenvalue weighted by molar-refractivity contribution is 5.36. The average Bonchev–Trinajstić information content (AvgIpc) is 2.87. The summed E-state index contributed by atoms with van der Waals surface area (Å²) in [6.45, 7) is 1.32. The monoisotopic (exact) mass is 284 g/mol. The molecule has 0 aliphatic heterocycles. The molecule has 1 aliphatic rings. The third-order valence-corrected chi connectivity index (χ3v) is 4.66. The largest absolute Gasteiger partial charge is 0.329 e. The number of hydrogen-bond donors (Lipinski definition) is 1. The van der Waals surface area contributed by atoms with Crippen LogP contribution in [0.4, 0.5) is 4.39 Å². The third kappa shape index (κ3) is 2.71. The molecule has 2 aromatic rings. The zero-order valence-electron chi connectivity index (χ0n) is 12.3. The van der Waals surface area contributed by atoms with Crippen molar-refractivity contribution in [1.29, 1.82) is 0 Å². The van der Waals surface area contributed by atoms with Gasteiger partial charge in [0.2, 0.25) is 0 Å². The molecule has 0 saturated carbocycles. The van der Waals surface area contributed by atoms with Gasteiger partial charge in [0.15, 0.2) is 0 Å². The Morgan fingerprint density at radius 3 is 2.33 bits per heavy atom. The number of nitrogens with two attached hydrogens (primary N) is 1. The highest BCUT2D eigenvalue weighted by Gasteiger charge is 2.39. The van der Waals surface area contributed by atoms with Gasteiger partial charge in [0.25, 0.3) is 0 Å². The number of benzene rings is 2. The zero-order valence-corrected chi connectivity index (χ0v) is 12.3. The van der Waals surface area contributed by atoms with Crippen LogP contribution in [0.3, 0.4) is 0 Å². The molecule has 0 aromatic heterocycles. The van der Waals surface area contributed by atoms with Gasteiger partial charge >= 0.3 is 0 Å². The van der Waals surface area contributed by atoms with Gasteiger partial charge in [-0.05, 0) is 48.7 Å². The van der Waals surface area contributed by atoms with Crippen LogP contribution in [-0.4, -0.2) is 24.0 Å². The van der Waals surface area contributed by atoms with Crippen molar-refractivity contribution in [3.8, 4) is 0 Å². The van der Waals surface area contributed by atoms with Gasteiger partial charge in [-0.2, -0.15) is 0 Å². The molecule has 0 saturated heterocycles. The van der Waals surface area contributed by atoms with Gasteiger partial charge in [0.1, 0.15) is 5.82 Å². The van der Waals surface area contributed by atoms with Gasteiger partial charge < -0.3 is 5.73 Å². The number of nitrogens with zero attached hydrogens (tertiary/aromatic N) is 1. The molecule has 0 spiro atoms. The number of halogens is 1. The molecular weight excluding hydrogens is 263 g/mol. The first-order chi connectivity index (χ1) is 10.1. The summed E-state index contributed by atoms with van der Waals surface area (Å²) in [6, 6.07) is 15.3. The highest BCUT2D eigenvalue weighted by atomic mass is 19.1. The second-order valence-corrected chi connectivity index (χ2v) is 6.04. The Bertz CT molecular complexity index is 614. The quantitative estimate of drug-likeness (QED) is 0.935. The molecule has 0 fully saturated rings. The zero-order chi connectivity index (χ0) is 14.9. The number of hydrogen-bond acceptors (Lipinski definition) is 2. The molecular formula is C18H21FN2. The first-order valence-corrected chi connectivity index (χ1v) is 7.35. The maximum absolute atomic E-state index is 13.3. The summed E-state index contributed by atoms with van der Waals surface area (Å²) >= 11 is 0. The van der Waals surface area contributed by atoms with Gasteiger partial charge in [0, 0.05) is 18.6 Å². The van der Waals surface area contributed by atoms with Crippen LogP contribution >= 0.6 is 0 Å². The van der Waals surface area contributed by atoms with E-state index >= 15 is 0 Å². The van der Waals surface area contributed by atoms with Gasteiger partial charge in [0.05, 0.1) is 0 Å². The van der Waals surface area contributed by atoms with Crippen molar-refractivity contribution in [3.05, 3.63) is 71.0 Å². The summed E-state index contributed by atoms with van der Waals surface area (Å²) in [6.07, 6.45) is 1.93. The van der Waals surface area contributed by atoms with E-state index in [1.807, 2.05) is 6.07 Å². The van der Waals surface area contributed by atoms with Crippen molar-refractivity contribution in [3.63, 3.8) is 0 Å². The van der Waals surface area contributed by atoms with Crippen LogP contribution < -0.4 is 5.73 Å². The standard InChI is InChI=1S/C18H21FN2/c1-21(12-14-5-4-8-17(19)9-14)18(13-20)10-15-6-2-3-7-16(15)11-18/h2-9H,10-13,20H2,1H3. The van der Waals surface area contributed by atoms with Crippen molar-refractivity contribution in [1.82, 2.24) is 4.90 Å². The molecule has 0 bridgehead atoms. The van der Waals surface area contributed by atoms with Crippen molar-refractivity contribution in [2.24, 2.45) is 5.73 Å². The lowest BCUT2D eigenvalue weighted by molar-refractivity contribution is 0.127. The van der Waals surface area contributed by atoms with E-state index in [9.17, 15) is 4.39 Å². The van der Waals surface area contributed by atoms with Crippen molar-refractivity contribution in [2.75, 3.05) is 13.6 Å². The van der Waals surface area contributed by atoms with Crippen LogP contribution in [-0.2, 0) is 19.4 Å². The van der Waals surface area contributed by atoms with E-state index in [4.69, 9.17) is 5.73 Å². The topological polar surface area (TPSA) is 29.3 Å². The Morgan fingerprint density at radius 2 is 1.76 bits per heavy atom. The molecule has 2 aromatic carbocycles. The molecule has 2 nitrogen and oxygen atoms in total. The summed E-state index contributed by atoms with van der Waals surface area (Å²) in [7, 11) is 2.09. The summed E-state index contributed by atoms with van der Waals surface area (Å²) < 4.78 is 13.3. The highest BCUT2D eigenvalue weighted by Crippen LogP contribution is 2.34. The summed E-state index contributed by atoms with van der Waals surface area (Å²) in [5.41, 5.74) is 9.81. The molecule has 3 heteroatoms. The third-order valence-electron chi connectivity index (χ3n) is 4.66. The lowest BCUT2D eigenvalue weighted by Crippen LogP contribution is -2.52. The molecule has 1 aliphatic carbocycles. The van der Waals surface area contributed by atoms with Crippen LogP contribution in [0.2, 0.25) is 0 Å². The van der Waals surface area contributed by atoms with Gasteiger partial charge in [-0.15, -0.1) is 0 Å². The molecule has 110 valence electrons. The molecule has 3 rings (SSSR count). The smallest absolute Gasteiger partial charge is 0.123 e. The number of fused-ring (bicyclic) bond motifs is 1. The maximum Gasteiger partial charge on any atom is 0.123 e. The molecule has 0 radical (unpaired) electrons. The van der Waals surface area contributed by atoms with E-state index in [1.54, 1.807) is 12.1 Å². The van der Waals surface area contributed by atoms with Gasteiger partial charge in [-0.1, -0.05) is 36.4 Å². The second-order valence-electron chi connectivity index (χ2n) is 6.04. The fourth-order valence-electron chi connectivity index (χ4n) is 3.32. The number of rotatable bonds is 4. The van der Waals surface area contributed by atoms with E-state index in [1.165, 1.54) is 17.2 Å². The molecule has 21 heavy (non-hydrogen) atoms. The van der Waals surface area contributed by atoms with Crippen LogP contribution in [0.1, 0.15) is 16.7 Å². The molecule has 2 N–H and O–H groups in total. The lowest BCUT2D eigenvalue weighted by atomic mass is 9.93. The fourth-order valence-corrected chi connectivity index (χ4v) is 3.32. The minimum Gasteiger partial charge on any atom is -0.329 e. The van der Waals surface area contributed by atoms with Gasteiger partial charge in [-0.25, -0.2) is 4.39 Å². The average molecular weight is 284 g/mol. The predicted molar refractivity (Wildman–Crippen MR) is 83.5 cm³/mol. The fraction of sp³-hybridized carbons (Fsp3) is 0.333.